The van der Waals surface area contributed by atoms with Crippen LogP contribution in [0, 0.1) is 0 Å². The third-order valence-electron chi connectivity index (χ3n) is 4.81. The van der Waals surface area contributed by atoms with Crippen molar-refractivity contribution in [1.29, 1.82) is 0 Å². The summed E-state index contributed by atoms with van der Waals surface area (Å²) in [6, 6.07) is 1.27. The molecule has 3 aromatic heterocycles. The van der Waals surface area contributed by atoms with Crippen molar-refractivity contribution in [3.8, 4) is 0 Å². The molecule has 4 heterocycles. The number of rotatable bonds is 6. The van der Waals surface area contributed by atoms with Crippen molar-refractivity contribution in [1.82, 2.24) is 24.6 Å². The van der Waals surface area contributed by atoms with Gasteiger partial charge in [0.05, 0.1) is 18.6 Å². The summed E-state index contributed by atoms with van der Waals surface area (Å²) in [5.41, 5.74) is 0.114. The molecule has 0 spiro atoms. The van der Waals surface area contributed by atoms with E-state index in [9.17, 15) is 18.0 Å². The maximum Gasteiger partial charge on any atom is 0.410 e. The Morgan fingerprint density at radius 1 is 1.41 bits per heavy atom. The summed E-state index contributed by atoms with van der Waals surface area (Å²) in [5.74, 6) is -0.346. The number of imidazole rings is 1. The normalized spacial score (nSPS) is 18.9. The molecular formula is C18H19F3N6OS. The van der Waals surface area contributed by atoms with Gasteiger partial charge in [0.1, 0.15) is 11.4 Å². The van der Waals surface area contributed by atoms with Gasteiger partial charge in [0.15, 0.2) is 6.04 Å². The number of anilines is 1. The molecule has 29 heavy (non-hydrogen) atoms. The van der Waals surface area contributed by atoms with E-state index in [-0.39, 0.29) is 17.8 Å². The molecule has 0 fully saturated rings. The van der Waals surface area contributed by atoms with Crippen molar-refractivity contribution in [2.24, 2.45) is 0 Å². The van der Waals surface area contributed by atoms with Crippen LogP contribution in [-0.4, -0.2) is 38.0 Å². The van der Waals surface area contributed by atoms with Gasteiger partial charge >= 0.3 is 6.18 Å². The van der Waals surface area contributed by atoms with Gasteiger partial charge in [-0.15, -0.1) is 11.3 Å². The molecule has 4 rings (SSSR count). The van der Waals surface area contributed by atoms with Crippen molar-refractivity contribution < 1.29 is 18.0 Å². The molecule has 154 valence electrons. The number of halogens is 3. The van der Waals surface area contributed by atoms with Crippen molar-refractivity contribution in [3.63, 3.8) is 0 Å². The standard InChI is InChI=1S/C18H19F3N6OS/c19-18(20,21)15-9-13(14-3-1-8-29-14)25-16-12(10-24-27(15)16)17(28)23-4-2-6-26-7-5-22-11-26/h1,3,5,7-8,10-11,13,15,25H,2,4,6,9H2,(H,23,28)/t13-,15-/m0/s1. The Balaban J connectivity index is 1.49. The van der Waals surface area contributed by atoms with E-state index < -0.39 is 24.2 Å². The number of fused-ring (bicyclic) bond motifs is 1. The molecule has 0 aromatic carbocycles. The molecule has 0 saturated carbocycles. The molecule has 1 aliphatic rings. The van der Waals surface area contributed by atoms with Gasteiger partial charge in [-0.1, -0.05) is 6.07 Å². The molecule has 0 aliphatic carbocycles. The minimum Gasteiger partial charge on any atom is -0.362 e. The lowest BCUT2D eigenvalue weighted by molar-refractivity contribution is -0.173. The number of alkyl halides is 3. The molecule has 11 heteroatoms. The number of aromatic nitrogens is 4. The van der Waals surface area contributed by atoms with Crippen LogP contribution in [0.25, 0.3) is 0 Å². The Bertz CT molecular complexity index is 951. The van der Waals surface area contributed by atoms with Crippen molar-refractivity contribution in [2.45, 2.75) is 37.6 Å². The lowest BCUT2D eigenvalue weighted by atomic mass is 10.0. The maximum absolute atomic E-state index is 13.6. The molecule has 1 amide bonds. The number of amides is 1. The molecule has 0 unspecified atom stereocenters. The van der Waals surface area contributed by atoms with Crippen molar-refractivity contribution in [2.75, 3.05) is 11.9 Å². The van der Waals surface area contributed by atoms with Gasteiger partial charge in [-0.25, -0.2) is 9.67 Å². The van der Waals surface area contributed by atoms with Crippen LogP contribution < -0.4 is 10.6 Å². The second kappa shape index (κ2) is 7.90. The van der Waals surface area contributed by atoms with E-state index in [1.807, 2.05) is 16.1 Å². The zero-order chi connectivity index (χ0) is 20.4. The molecule has 7 nitrogen and oxygen atoms in total. The molecular weight excluding hydrogens is 405 g/mol. The van der Waals surface area contributed by atoms with Gasteiger partial charge in [0, 0.05) is 36.8 Å². The summed E-state index contributed by atoms with van der Waals surface area (Å²) in [5, 5.41) is 11.5. The van der Waals surface area contributed by atoms with Gasteiger partial charge in [0.25, 0.3) is 5.91 Å². The van der Waals surface area contributed by atoms with Crippen LogP contribution >= 0.6 is 11.3 Å². The van der Waals surface area contributed by atoms with E-state index in [1.165, 1.54) is 17.5 Å². The van der Waals surface area contributed by atoms with Crippen molar-refractivity contribution >= 4 is 23.1 Å². The number of nitrogens with zero attached hydrogens (tertiary/aromatic N) is 4. The highest BCUT2D eigenvalue weighted by Gasteiger charge is 2.47. The van der Waals surface area contributed by atoms with Crippen LogP contribution in [0.4, 0.5) is 19.0 Å². The van der Waals surface area contributed by atoms with Crippen LogP contribution in [0.15, 0.2) is 42.4 Å². The fraction of sp³-hybridized carbons (Fsp3) is 0.389. The Morgan fingerprint density at radius 2 is 2.28 bits per heavy atom. The fourth-order valence-corrected chi connectivity index (χ4v) is 4.17. The molecule has 0 saturated heterocycles. The predicted molar refractivity (Wildman–Crippen MR) is 102 cm³/mol. The van der Waals surface area contributed by atoms with Gasteiger partial charge in [-0.3, -0.25) is 4.79 Å². The smallest absolute Gasteiger partial charge is 0.362 e. The predicted octanol–water partition coefficient (Wildman–Crippen LogP) is 3.62. The number of thiophene rings is 1. The number of carbonyl (C=O) groups is 1. The average molecular weight is 424 g/mol. The van der Waals surface area contributed by atoms with E-state index >= 15 is 0 Å². The first-order valence-electron chi connectivity index (χ1n) is 9.11. The van der Waals surface area contributed by atoms with Crippen LogP contribution in [0.1, 0.15) is 40.2 Å². The Kier molecular flexibility index (Phi) is 5.31. The summed E-state index contributed by atoms with van der Waals surface area (Å²) in [6.45, 7) is 1.07. The number of hydrogen-bond acceptors (Lipinski definition) is 5. The zero-order valence-corrected chi connectivity index (χ0v) is 16.1. The van der Waals surface area contributed by atoms with Crippen molar-refractivity contribution in [3.05, 3.63) is 52.9 Å². The number of nitrogens with one attached hydrogen (secondary N) is 2. The topological polar surface area (TPSA) is 76.8 Å². The monoisotopic (exact) mass is 424 g/mol. The molecule has 0 bridgehead atoms. The third kappa shape index (κ3) is 4.14. The Labute approximate surface area is 168 Å². The molecule has 2 N–H and O–H groups in total. The van der Waals surface area contributed by atoms with Crippen LogP contribution in [0.3, 0.4) is 0 Å². The minimum atomic E-state index is -4.46. The minimum absolute atomic E-state index is 0.101. The second-order valence-corrected chi connectivity index (χ2v) is 7.75. The van der Waals surface area contributed by atoms with Crippen LogP contribution in [-0.2, 0) is 6.54 Å². The first-order valence-corrected chi connectivity index (χ1v) is 9.99. The fourth-order valence-electron chi connectivity index (χ4n) is 3.38. The number of carbonyl (C=O) groups excluding carboxylic acids is 1. The number of hydrogen-bond donors (Lipinski definition) is 2. The van der Waals surface area contributed by atoms with Gasteiger partial charge in [0.2, 0.25) is 0 Å². The van der Waals surface area contributed by atoms with E-state index in [1.54, 1.807) is 24.7 Å². The SMILES string of the molecule is O=C(NCCCn1ccnc1)c1cnn2c1N[C@H](c1cccs1)C[C@H]2C(F)(F)F. The average Bonchev–Trinajstić information content (AvgIpc) is 3.45. The maximum atomic E-state index is 13.6. The summed E-state index contributed by atoms with van der Waals surface area (Å²) < 4.78 is 43.7. The van der Waals surface area contributed by atoms with Crippen LogP contribution in [0.5, 0.6) is 0 Å². The summed E-state index contributed by atoms with van der Waals surface area (Å²) in [7, 11) is 0. The zero-order valence-electron chi connectivity index (χ0n) is 15.3. The number of aryl methyl sites for hydroxylation is 1. The lowest BCUT2D eigenvalue weighted by Crippen LogP contribution is -2.36. The summed E-state index contributed by atoms with van der Waals surface area (Å²) >= 11 is 1.38. The largest absolute Gasteiger partial charge is 0.410 e. The van der Waals surface area contributed by atoms with E-state index in [0.29, 0.717) is 19.5 Å². The molecule has 3 aromatic rings. The quantitative estimate of drug-likeness (QED) is 0.593. The Hall–Kier alpha value is -2.82. The van der Waals surface area contributed by atoms with E-state index in [0.717, 1.165) is 9.56 Å². The van der Waals surface area contributed by atoms with Crippen LogP contribution in [0.2, 0.25) is 0 Å². The Morgan fingerprint density at radius 3 is 2.97 bits per heavy atom. The van der Waals surface area contributed by atoms with E-state index in [4.69, 9.17) is 0 Å². The highest BCUT2D eigenvalue weighted by Crippen LogP contribution is 2.44. The molecule has 1 aliphatic heterocycles. The highest BCUT2D eigenvalue weighted by molar-refractivity contribution is 7.10. The lowest BCUT2D eigenvalue weighted by Gasteiger charge is -2.33. The molecule has 0 radical (unpaired) electrons. The first kappa shape index (κ1) is 19.5. The van der Waals surface area contributed by atoms with Gasteiger partial charge in [-0.2, -0.15) is 18.3 Å². The summed E-state index contributed by atoms with van der Waals surface area (Å²) in [4.78, 5) is 17.3. The first-order chi connectivity index (χ1) is 13.9. The van der Waals surface area contributed by atoms with Gasteiger partial charge in [-0.05, 0) is 17.9 Å². The second-order valence-electron chi connectivity index (χ2n) is 6.77. The summed E-state index contributed by atoms with van der Waals surface area (Å²) in [6.07, 6.45) is 2.40. The molecule has 2 atom stereocenters. The highest BCUT2D eigenvalue weighted by atomic mass is 32.1. The van der Waals surface area contributed by atoms with E-state index in [2.05, 4.69) is 20.7 Å². The van der Waals surface area contributed by atoms with Gasteiger partial charge < -0.3 is 15.2 Å². The third-order valence-corrected chi connectivity index (χ3v) is 5.79.